The van der Waals surface area contributed by atoms with Gasteiger partial charge < -0.3 is 10.2 Å². The first-order valence-corrected chi connectivity index (χ1v) is 6.96. The molecule has 1 aliphatic carbocycles. The van der Waals surface area contributed by atoms with Crippen LogP contribution in [-0.2, 0) is 11.3 Å². The maximum atomic E-state index is 12.1. The number of hydrogen-bond acceptors (Lipinski definition) is 4. The van der Waals surface area contributed by atoms with Crippen LogP contribution >= 0.6 is 0 Å². The summed E-state index contributed by atoms with van der Waals surface area (Å²) < 4.78 is 1.70. The van der Waals surface area contributed by atoms with Crippen LogP contribution < -0.4 is 5.32 Å². The van der Waals surface area contributed by atoms with Crippen LogP contribution in [0.1, 0.15) is 32.1 Å². The first kappa shape index (κ1) is 14.0. The molecule has 6 heteroatoms. The number of aromatic nitrogens is 3. The van der Waals surface area contributed by atoms with Crippen LogP contribution in [0, 0.1) is 0 Å². The van der Waals surface area contributed by atoms with Gasteiger partial charge in [0, 0.05) is 25.6 Å². The molecule has 1 heterocycles. The SMILES string of the molecule is CNC1CCC(N(C)C(=O)CCn2cncn2)CC1. The summed E-state index contributed by atoms with van der Waals surface area (Å²) in [6, 6.07) is 1.02. The van der Waals surface area contributed by atoms with Crippen molar-refractivity contribution in [2.45, 2.75) is 50.7 Å². The molecule has 0 aliphatic heterocycles. The van der Waals surface area contributed by atoms with E-state index in [1.54, 1.807) is 11.0 Å². The Balaban J connectivity index is 1.76. The minimum Gasteiger partial charge on any atom is -0.343 e. The highest BCUT2D eigenvalue weighted by atomic mass is 16.2. The molecular weight excluding hydrogens is 242 g/mol. The normalized spacial score (nSPS) is 23.3. The highest BCUT2D eigenvalue weighted by Gasteiger charge is 2.25. The van der Waals surface area contributed by atoms with Crippen molar-refractivity contribution in [3.63, 3.8) is 0 Å². The molecule has 0 spiro atoms. The van der Waals surface area contributed by atoms with Crippen molar-refractivity contribution in [3.8, 4) is 0 Å². The van der Waals surface area contributed by atoms with E-state index in [4.69, 9.17) is 0 Å². The fourth-order valence-corrected chi connectivity index (χ4v) is 2.69. The summed E-state index contributed by atoms with van der Waals surface area (Å²) in [4.78, 5) is 17.9. The number of rotatable bonds is 5. The van der Waals surface area contributed by atoms with Crippen LogP contribution in [0.5, 0.6) is 0 Å². The smallest absolute Gasteiger partial charge is 0.224 e. The molecule has 1 aromatic rings. The second-order valence-electron chi connectivity index (χ2n) is 5.21. The Bertz CT molecular complexity index is 384. The first-order valence-electron chi connectivity index (χ1n) is 6.96. The van der Waals surface area contributed by atoms with Crippen molar-refractivity contribution in [1.29, 1.82) is 0 Å². The van der Waals surface area contributed by atoms with Gasteiger partial charge in [0.1, 0.15) is 12.7 Å². The van der Waals surface area contributed by atoms with Crippen LogP contribution in [0.15, 0.2) is 12.7 Å². The summed E-state index contributed by atoms with van der Waals surface area (Å²) in [6.07, 6.45) is 8.13. The Labute approximate surface area is 114 Å². The summed E-state index contributed by atoms with van der Waals surface area (Å²) in [6.45, 7) is 0.606. The van der Waals surface area contributed by atoms with E-state index in [-0.39, 0.29) is 5.91 Å². The second kappa shape index (κ2) is 6.65. The number of nitrogens with one attached hydrogen (secondary N) is 1. The van der Waals surface area contributed by atoms with Gasteiger partial charge in [0.15, 0.2) is 0 Å². The summed E-state index contributed by atoms with van der Waals surface area (Å²) in [7, 11) is 3.94. The van der Waals surface area contributed by atoms with E-state index in [0.29, 0.717) is 25.0 Å². The van der Waals surface area contributed by atoms with Gasteiger partial charge in [-0.3, -0.25) is 9.48 Å². The Morgan fingerprint density at radius 2 is 2.16 bits per heavy atom. The molecule has 2 rings (SSSR count). The summed E-state index contributed by atoms with van der Waals surface area (Å²) >= 11 is 0. The Hall–Kier alpha value is -1.43. The van der Waals surface area contributed by atoms with Crippen molar-refractivity contribution < 1.29 is 4.79 Å². The van der Waals surface area contributed by atoms with Crippen molar-refractivity contribution in [3.05, 3.63) is 12.7 Å². The number of aryl methyl sites for hydroxylation is 1. The van der Waals surface area contributed by atoms with Crippen LogP contribution in [0.25, 0.3) is 0 Å². The topological polar surface area (TPSA) is 63.1 Å². The maximum absolute atomic E-state index is 12.1. The molecule has 19 heavy (non-hydrogen) atoms. The number of nitrogens with zero attached hydrogens (tertiary/aromatic N) is 4. The average molecular weight is 265 g/mol. The highest BCUT2D eigenvalue weighted by Crippen LogP contribution is 2.22. The van der Waals surface area contributed by atoms with Gasteiger partial charge in [-0.15, -0.1) is 0 Å². The van der Waals surface area contributed by atoms with Crippen LogP contribution in [-0.4, -0.2) is 51.8 Å². The Morgan fingerprint density at radius 3 is 2.74 bits per heavy atom. The van der Waals surface area contributed by atoms with Crippen LogP contribution in [0.3, 0.4) is 0 Å². The molecule has 1 fully saturated rings. The zero-order valence-corrected chi connectivity index (χ0v) is 11.7. The number of hydrogen-bond donors (Lipinski definition) is 1. The average Bonchev–Trinajstić information content (AvgIpc) is 2.97. The molecule has 0 bridgehead atoms. The standard InChI is InChI=1S/C13H23N5O/c1-14-11-3-5-12(6-4-11)17(2)13(19)7-8-18-10-15-9-16-18/h9-12,14H,3-8H2,1-2H3. The molecule has 1 N–H and O–H groups in total. The molecule has 0 radical (unpaired) electrons. The third kappa shape index (κ3) is 3.76. The van der Waals surface area contributed by atoms with Gasteiger partial charge in [-0.05, 0) is 32.7 Å². The monoisotopic (exact) mass is 265 g/mol. The van der Waals surface area contributed by atoms with Gasteiger partial charge in [0.25, 0.3) is 0 Å². The summed E-state index contributed by atoms with van der Waals surface area (Å²) in [5, 5.41) is 7.32. The molecule has 1 aromatic heterocycles. The van der Waals surface area contributed by atoms with Gasteiger partial charge >= 0.3 is 0 Å². The zero-order chi connectivity index (χ0) is 13.7. The van der Waals surface area contributed by atoms with E-state index < -0.39 is 0 Å². The van der Waals surface area contributed by atoms with Crippen molar-refractivity contribution in [1.82, 2.24) is 25.0 Å². The zero-order valence-electron chi connectivity index (χ0n) is 11.7. The lowest BCUT2D eigenvalue weighted by molar-refractivity contribution is -0.132. The van der Waals surface area contributed by atoms with Crippen LogP contribution in [0.2, 0.25) is 0 Å². The second-order valence-corrected chi connectivity index (χ2v) is 5.21. The third-order valence-corrected chi connectivity index (χ3v) is 4.07. The minimum absolute atomic E-state index is 0.198. The Morgan fingerprint density at radius 1 is 1.42 bits per heavy atom. The maximum Gasteiger partial charge on any atom is 0.224 e. The van der Waals surface area contributed by atoms with Gasteiger partial charge in [-0.25, -0.2) is 4.98 Å². The lowest BCUT2D eigenvalue weighted by atomic mass is 9.90. The summed E-state index contributed by atoms with van der Waals surface area (Å²) in [5.41, 5.74) is 0. The molecule has 1 saturated carbocycles. The molecule has 1 aliphatic rings. The van der Waals surface area contributed by atoms with Crippen LogP contribution in [0.4, 0.5) is 0 Å². The molecule has 0 saturated heterocycles. The predicted molar refractivity (Wildman–Crippen MR) is 72.5 cm³/mol. The molecule has 106 valence electrons. The van der Waals surface area contributed by atoms with Crippen molar-refractivity contribution >= 4 is 5.91 Å². The van der Waals surface area contributed by atoms with E-state index in [9.17, 15) is 4.79 Å². The highest BCUT2D eigenvalue weighted by molar-refractivity contribution is 5.76. The summed E-state index contributed by atoms with van der Waals surface area (Å²) in [5.74, 6) is 0.198. The Kier molecular flexibility index (Phi) is 4.90. The number of carbonyl (C=O) groups is 1. The quantitative estimate of drug-likeness (QED) is 0.849. The van der Waals surface area contributed by atoms with Gasteiger partial charge in [0.2, 0.25) is 5.91 Å². The first-order chi connectivity index (χ1) is 9.20. The van der Waals surface area contributed by atoms with Crippen molar-refractivity contribution in [2.75, 3.05) is 14.1 Å². The molecule has 1 amide bonds. The van der Waals surface area contributed by atoms with Crippen molar-refractivity contribution in [2.24, 2.45) is 0 Å². The molecule has 0 atom stereocenters. The molecule has 0 unspecified atom stereocenters. The molecule has 6 nitrogen and oxygen atoms in total. The fraction of sp³-hybridized carbons (Fsp3) is 0.769. The fourth-order valence-electron chi connectivity index (χ4n) is 2.69. The largest absolute Gasteiger partial charge is 0.343 e. The third-order valence-electron chi connectivity index (χ3n) is 4.07. The number of carbonyl (C=O) groups excluding carboxylic acids is 1. The van der Waals surface area contributed by atoms with E-state index in [1.807, 2.05) is 19.0 Å². The lowest BCUT2D eigenvalue weighted by Gasteiger charge is -2.34. The minimum atomic E-state index is 0.198. The number of amides is 1. The van der Waals surface area contributed by atoms with E-state index >= 15 is 0 Å². The van der Waals surface area contributed by atoms with Gasteiger partial charge in [0.05, 0.1) is 6.54 Å². The molecular formula is C13H23N5O. The predicted octanol–water partition coefficient (Wildman–Crippen LogP) is 0.657. The van der Waals surface area contributed by atoms with E-state index in [0.717, 1.165) is 25.7 Å². The van der Waals surface area contributed by atoms with E-state index in [2.05, 4.69) is 15.4 Å². The van der Waals surface area contributed by atoms with E-state index in [1.165, 1.54) is 6.33 Å². The van der Waals surface area contributed by atoms with Gasteiger partial charge in [-0.2, -0.15) is 5.10 Å². The lowest BCUT2D eigenvalue weighted by Crippen LogP contribution is -2.42. The molecule has 0 aromatic carbocycles. The van der Waals surface area contributed by atoms with Gasteiger partial charge in [-0.1, -0.05) is 0 Å².